The van der Waals surface area contributed by atoms with Gasteiger partial charge in [0.1, 0.15) is 17.3 Å². The lowest BCUT2D eigenvalue weighted by Gasteiger charge is -2.10. The van der Waals surface area contributed by atoms with Gasteiger partial charge in [-0.2, -0.15) is 5.10 Å². The van der Waals surface area contributed by atoms with E-state index in [1.54, 1.807) is 37.0 Å². The first-order valence-electron chi connectivity index (χ1n) is 10.6. The molecule has 33 heavy (non-hydrogen) atoms. The van der Waals surface area contributed by atoms with E-state index in [0.717, 1.165) is 16.8 Å². The third-order valence-electron chi connectivity index (χ3n) is 5.80. The third-order valence-corrected chi connectivity index (χ3v) is 5.80. The van der Waals surface area contributed by atoms with E-state index in [1.807, 2.05) is 18.2 Å². The van der Waals surface area contributed by atoms with Crippen molar-refractivity contribution in [2.24, 2.45) is 7.05 Å². The molecule has 0 unspecified atom stereocenters. The number of aryl methyl sites for hydroxylation is 3. The summed E-state index contributed by atoms with van der Waals surface area (Å²) in [6, 6.07) is 21.7. The van der Waals surface area contributed by atoms with Crippen LogP contribution in [-0.4, -0.2) is 29.9 Å². The number of nitrogens with zero attached hydrogens (tertiary/aromatic N) is 2. The Kier molecular flexibility index (Phi) is 6.18. The molecule has 1 N–H and O–H groups in total. The Morgan fingerprint density at radius 1 is 0.818 bits per heavy atom. The summed E-state index contributed by atoms with van der Waals surface area (Å²) < 4.78 is 12.2. The van der Waals surface area contributed by atoms with Crippen LogP contribution in [0.1, 0.15) is 21.5 Å². The maximum Gasteiger partial charge on any atom is 0.260 e. The van der Waals surface area contributed by atoms with E-state index in [-0.39, 0.29) is 5.91 Å². The lowest BCUT2D eigenvalue weighted by Crippen LogP contribution is -2.15. The molecule has 1 amide bonds. The molecule has 0 aliphatic heterocycles. The normalized spacial score (nSPS) is 10.7. The Balaban J connectivity index is 1.55. The summed E-state index contributed by atoms with van der Waals surface area (Å²) in [7, 11) is 4.89. The molecule has 4 rings (SSSR count). The molecule has 4 aromatic rings. The number of aromatic nitrogens is 2. The minimum Gasteiger partial charge on any atom is -0.497 e. The van der Waals surface area contributed by atoms with Gasteiger partial charge in [-0.25, -0.2) is 0 Å². The smallest absolute Gasteiger partial charge is 0.260 e. The number of rotatable bonds is 6. The van der Waals surface area contributed by atoms with E-state index in [0.29, 0.717) is 22.9 Å². The topological polar surface area (TPSA) is 65.4 Å². The maximum absolute atomic E-state index is 12.9. The summed E-state index contributed by atoms with van der Waals surface area (Å²) in [5.41, 5.74) is 7.06. The lowest BCUT2D eigenvalue weighted by atomic mass is 9.99. The van der Waals surface area contributed by atoms with Gasteiger partial charge in [-0.1, -0.05) is 42.5 Å². The zero-order chi connectivity index (χ0) is 23.5. The summed E-state index contributed by atoms with van der Waals surface area (Å²) in [5.74, 6) is 1.37. The summed E-state index contributed by atoms with van der Waals surface area (Å²) in [5, 5.41) is 7.49. The van der Waals surface area contributed by atoms with Gasteiger partial charge in [-0.05, 0) is 48.2 Å². The predicted molar refractivity (Wildman–Crippen MR) is 131 cm³/mol. The third kappa shape index (κ3) is 4.60. The fourth-order valence-electron chi connectivity index (χ4n) is 3.65. The quantitative estimate of drug-likeness (QED) is 0.420. The molecule has 1 aromatic heterocycles. The number of hydrogen-bond acceptors (Lipinski definition) is 4. The fourth-order valence-corrected chi connectivity index (χ4v) is 3.65. The standard InChI is InChI=1S/C27H27N3O3/c1-17-6-7-21(14-18(17)2)19-8-10-20(11-9-19)24-16-26(30(3)29-24)28-27(31)23-13-12-22(32-4)15-25(23)33-5/h6-16H,1-5H3,(H,28,31). The van der Waals surface area contributed by atoms with Gasteiger partial charge >= 0.3 is 0 Å². The Labute approximate surface area is 193 Å². The van der Waals surface area contributed by atoms with E-state index in [9.17, 15) is 4.79 Å². The molecule has 1 heterocycles. The van der Waals surface area contributed by atoms with Gasteiger partial charge in [0.25, 0.3) is 5.91 Å². The highest BCUT2D eigenvalue weighted by Gasteiger charge is 2.16. The highest BCUT2D eigenvalue weighted by molar-refractivity contribution is 6.06. The van der Waals surface area contributed by atoms with Gasteiger partial charge in [0.2, 0.25) is 0 Å². The molecule has 3 aromatic carbocycles. The SMILES string of the molecule is COc1ccc(C(=O)Nc2cc(-c3ccc(-c4ccc(C)c(C)c4)cc3)nn2C)c(OC)c1. The zero-order valence-electron chi connectivity index (χ0n) is 19.5. The highest BCUT2D eigenvalue weighted by Crippen LogP contribution is 2.28. The summed E-state index contributed by atoms with van der Waals surface area (Å²) >= 11 is 0. The van der Waals surface area contributed by atoms with Crippen LogP contribution in [0.25, 0.3) is 22.4 Å². The molecule has 0 saturated heterocycles. The molecule has 0 bridgehead atoms. The Morgan fingerprint density at radius 3 is 2.18 bits per heavy atom. The van der Waals surface area contributed by atoms with Crippen molar-refractivity contribution < 1.29 is 14.3 Å². The molecule has 0 aliphatic rings. The van der Waals surface area contributed by atoms with Crippen molar-refractivity contribution in [2.45, 2.75) is 13.8 Å². The van der Waals surface area contributed by atoms with Gasteiger partial charge < -0.3 is 14.8 Å². The van der Waals surface area contributed by atoms with Crippen molar-refractivity contribution in [3.63, 3.8) is 0 Å². The van der Waals surface area contributed by atoms with Gasteiger partial charge in [0.05, 0.1) is 25.5 Å². The summed E-state index contributed by atoms with van der Waals surface area (Å²) in [4.78, 5) is 12.9. The van der Waals surface area contributed by atoms with E-state index in [1.165, 1.54) is 23.8 Å². The number of anilines is 1. The van der Waals surface area contributed by atoms with E-state index >= 15 is 0 Å². The number of carbonyl (C=O) groups excluding carboxylic acids is 1. The van der Waals surface area contributed by atoms with Crippen molar-refractivity contribution >= 4 is 11.7 Å². The molecule has 6 nitrogen and oxygen atoms in total. The van der Waals surface area contributed by atoms with E-state index in [2.05, 4.69) is 54.6 Å². The monoisotopic (exact) mass is 441 g/mol. The minimum atomic E-state index is -0.283. The van der Waals surface area contributed by atoms with Crippen LogP contribution in [0.15, 0.2) is 66.7 Å². The maximum atomic E-state index is 12.9. The first-order chi connectivity index (χ1) is 15.9. The number of carbonyl (C=O) groups is 1. The van der Waals surface area contributed by atoms with Crippen LogP contribution in [-0.2, 0) is 7.05 Å². The van der Waals surface area contributed by atoms with Crippen molar-refractivity contribution in [1.29, 1.82) is 0 Å². The molecule has 0 radical (unpaired) electrons. The first kappa shape index (κ1) is 22.1. The van der Waals surface area contributed by atoms with Crippen molar-refractivity contribution in [1.82, 2.24) is 9.78 Å². The molecule has 0 saturated carbocycles. The molecule has 0 aliphatic carbocycles. The van der Waals surface area contributed by atoms with Crippen LogP contribution in [0.4, 0.5) is 5.82 Å². The van der Waals surface area contributed by atoms with Gasteiger partial charge in [0, 0.05) is 24.7 Å². The van der Waals surface area contributed by atoms with Crippen molar-refractivity contribution in [3.8, 4) is 33.9 Å². The first-order valence-corrected chi connectivity index (χ1v) is 10.6. The van der Waals surface area contributed by atoms with Crippen molar-refractivity contribution in [3.05, 3.63) is 83.4 Å². The van der Waals surface area contributed by atoms with E-state index < -0.39 is 0 Å². The number of benzene rings is 3. The number of amides is 1. The average molecular weight is 442 g/mol. The van der Waals surface area contributed by atoms with Gasteiger partial charge in [-0.15, -0.1) is 0 Å². The fraction of sp³-hybridized carbons (Fsp3) is 0.185. The summed E-state index contributed by atoms with van der Waals surface area (Å²) in [6.45, 7) is 4.24. The molecule has 6 heteroatoms. The molecule has 0 fully saturated rings. The second kappa shape index (κ2) is 9.20. The number of ether oxygens (including phenoxy) is 2. The lowest BCUT2D eigenvalue weighted by molar-refractivity contribution is 0.102. The molecule has 0 spiro atoms. The average Bonchev–Trinajstić information content (AvgIpc) is 3.20. The largest absolute Gasteiger partial charge is 0.497 e. The molecular weight excluding hydrogens is 414 g/mol. The molecule has 168 valence electrons. The molecule has 0 atom stereocenters. The Bertz CT molecular complexity index is 1310. The second-order valence-electron chi connectivity index (χ2n) is 7.94. The summed E-state index contributed by atoms with van der Waals surface area (Å²) in [6.07, 6.45) is 0. The van der Waals surface area contributed by atoms with Crippen molar-refractivity contribution in [2.75, 3.05) is 19.5 Å². The van der Waals surface area contributed by atoms with Gasteiger partial charge in [-0.3, -0.25) is 9.48 Å². The van der Waals surface area contributed by atoms with Crippen LogP contribution in [0.3, 0.4) is 0 Å². The van der Waals surface area contributed by atoms with Crippen LogP contribution in [0, 0.1) is 13.8 Å². The van der Waals surface area contributed by atoms with Crippen LogP contribution < -0.4 is 14.8 Å². The van der Waals surface area contributed by atoms with Crippen LogP contribution >= 0.6 is 0 Å². The van der Waals surface area contributed by atoms with Crippen LogP contribution in [0.2, 0.25) is 0 Å². The van der Waals surface area contributed by atoms with Gasteiger partial charge in [0.15, 0.2) is 0 Å². The van der Waals surface area contributed by atoms with Crippen LogP contribution in [0.5, 0.6) is 11.5 Å². The van der Waals surface area contributed by atoms with E-state index in [4.69, 9.17) is 9.47 Å². The number of hydrogen-bond donors (Lipinski definition) is 1. The zero-order valence-corrected chi connectivity index (χ0v) is 19.5. The second-order valence-corrected chi connectivity index (χ2v) is 7.94. The molecular formula is C27H27N3O3. The Hall–Kier alpha value is -4.06. The predicted octanol–water partition coefficient (Wildman–Crippen LogP) is 5.64. The number of methoxy groups -OCH3 is 2. The Morgan fingerprint density at radius 2 is 1.52 bits per heavy atom. The number of nitrogens with one attached hydrogen (secondary N) is 1. The minimum absolute atomic E-state index is 0.283. The highest BCUT2D eigenvalue weighted by atomic mass is 16.5.